The van der Waals surface area contributed by atoms with Gasteiger partial charge in [0.2, 0.25) is 0 Å². The minimum Gasteiger partial charge on any atom is -0.384 e. The Bertz CT molecular complexity index is 739. The van der Waals surface area contributed by atoms with Gasteiger partial charge >= 0.3 is 0 Å². The maximum atomic E-state index is 4.69. The monoisotopic (exact) mass is 255 g/mol. The van der Waals surface area contributed by atoms with E-state index in [1.807, 2.05) is 0 Å². The minimum atomic E-state index is 1.05. The Balaban J connectivity index is 1.86. The lowest BCUT2D eigenvalue weighted by atomic mass is 10.1. The second-order valence-electron chi connectivity index (χ2n) is 4.70. The van der Waals surface area contributed by atoms with Gasteiger partial charge in [0.05, 0.1) is 5.69 Å². The molecule has 0 spiro atoms. The van der Waals surface area contributed by atoms with Crippen molar-refractivity contribution in [2.24, 2.45) is 0 Å². The Hall–Kier alpha value is -1.81. The number of thiazole rings is 1. The molecule has 3 aromatic rings. The summed E-state index contributed by atoms with van der Waals surface area (Å²) < 4.78 is 2.16. The number of nitrogens with zero attached hydrogens (tertiary/aromatic N) is 2. The van der Waals surface area contributed by atoms with Crippen LogP contribution in [-0.2, 0) is 6.42 Å². The van der Waals surface area contributed by atoms with E-state index < -0.39 is 0 Å². The molecule has 18 heavy (non-hydrogen) atoms. The average Bonchev–Trinajstić information content (AvgIpc) is 3.05. The minimum absolute atomic E-state index is 1.05. The van der Waals surface area contributed by atoms with Crippen molar-refractivity contribution >= 4 is 22.0 Å². The van der Waals surface area contributed by atoms with Crippen LogP contribution >= 0.6 is 11.3 Å². The molecule has 0 fully saturated rings. The number of nitrogens with one attached hydrogen (secondary N) is 1. The van der Waals surface area contributed by atoms with Gasteiger partial charge in [-0.05, 0) is 31.0 Å². The molecule has 1 N–H and O–H groups in total. The van der Waals surface area contributed by atoms with E-state index in [1.165, 1.54) is 22.5 Å². The van der Waals surface area contributed by atoms with Gasteiger partial charge in [-0.2, -0.15) is 0 Å². The summed E-state index contributed by atoms with van der Waals surface area (Å²) in [6.07, 6.45) is 3.25. The molecule has 4 rings (SSSR count). The van der Waals surface area contributed by atoms with Gasteiger partial charge in [0, 0.05) is 35.1 Å². The summed E-state index contributed by atoms with van der Waals surface area (Å²) in [5.74, 6) is 0. The molecular weight excluding hydrogens is 242 g/mol. The fourth-order valence-electron chi connectivity index (χ4n) is 2.50. The molecule has 0 atom stereocenters. The third kappa shape index (κ3) is 1.39. The van der Waals surface area contributed by atoms with Crippen molar-refractivity contribution in [2.45, 2.75) is 13.3 Å². The SMILES string of the molecule is Cc1csc2nc(-c3ccc4c(c3)CCN4)cn12. The number of benzene rings is 1. The second kappa shape index (κ2) is 3.59. The average molecular weight is 255 g/mol. The van der Waals surface area contributed by atoms with Gasteiger partial charge in [0.25, 0.3) is 0 Å². The third-order valence-corrected chi connectivity index (χ3v) is 4.46. The van der Waals surface area contributed by atoms with Crippen molar-refractivity contribution in [3.63, 3.8) is 0 Å². The van der Waals surface area contributed by atoms with Crippen LogP contribution in [0.15, 0.2) is 29.8 Å². The molecule has 90 valence electrons. The fourth-order valence-corrected chi connectivity index (χ4v) is 3.35. The Morgan fingerprint density at radius 1 is 1.39 bits per heavy atom. The van der Waals surface area contributed by atoms with E-state index in [2.05, 4.69) is 46.4 Å². The summed E-state index contributed by atoms with van der Waals surface area (Å²) in [5.41, 5.74) is 6.21. The number of anilines is 1. The number of fused-ring (bicyclic) bond motifs is 2. The van der Waals surface area contributed by atoms with Crippen molar-refractivity contribution < 1.29 is 0 Å². The van der Waals surface area contributed by atoms with Crippen LogP contribution in [0.5, 0.6) is 0 Å². The Kier molecular flexibility index (Phi) is 2.02. The lowest BCUT2D eigenvalue weighted by molar-refractivity contribution is 1.11. The lowest BCUT2D eigenvalue weighted by Crippen LogP contribution is -1.90. The van der Waals surface area contributed by atoms with E-state index in [9.17, 15) is 0 Å². The van der Waals surface area contributed by atoms with E-state index in [0.717, 1.165) is 23.6 Å². The fraction of sp³-hybridized carbons (Fsp3) is 0.214. The van der Waals surface area contributed by atoms with E-state index >= 15 is 0 Å². The highest BCUT2D eigenvalue weighted by molar-refractivity contribution is 7.15. The van der Waals surface area contributed by atoms with Gasteiger partial charge in [0.15, 0.2) is 4.96 Å². The van der Waals surface area contributed by atoms with Gasteiger partial charge in [-0.15, -0.1) is 11.3 Å². The molecule has 0 aliphatic carbocycles. The Labute approximate surface area is 109 Å². The second-order valence-corrected chi connectivity index (χ2v) is 5.54. The van der Waals surface area contributed by atoms with Gasteiger partial charge in [-0.3, -0.25) is 4.40 Å². The molecule has 1 aliphatic rings. The number of hydrogen-bond acceptors (Lipinski definition) is 3. The molecule has 1 aromatic carbocycles. The Morgan fingerprint density at radius 2 is 2.33 bits per heavy atom. The number of aromatic nitrogens is 2. The highest BCUT2D eigenvalue weighted by Gasteiger charge is 2.13. The van der Waals surface area contributed by atoms with Crippen LogP contribution in [0.4, 0.5) is 5.69 Å². The summed E-state index contributed by atoms with van der Waals surface area (Å²) in [7, 11) is 0. The highest BCUT2D eigenvalue weighted by Crippen LogP contribution is 2.29. The largest absolute Gasteiger partial charge is 0.384 e. The smallest absolute Gasteiger partial charge is 0.194 e. The molecule has 0 saturated carbocycles. The lowest BCUT2D eigenvalue weighted by Gasteiger charge is -2.01. The first-order valence-electron chi connectivity index (χ1n) is 6.11. The maximum Gasteiger partial charge on any atom is 0.194 e. The van der Waals surface area contributed by atoms with Crippen LogP contribution < -0.4 is 5.32 Å². The van der Waals surface area contributed by atoms with Crippen LogP contribution in [0.25, 0.3) is 16.2 Å². The number of imidazole rings is 1. The predicted octanol–water partition coefficient (Wildman–Crippen LogP) is 3.34. The summed E-state index contributed by atoms with van der Waals surface area (Å²) in [6.45, 7) is 3.16. The summed E-state index contributed by atoms with van der Waals surface area (Å²) in [5, 5.41) is 5.52. The first-order chi connectivity index (χ1) is 8.81. The van der Waals surface area contributed by atoms with Gasteiger partial charge in [-0.1, -0.05) is 6.07 Å². The number of hydrogen-bond donors (Lipinski definition) is 1. The molecule has 3 nitrogen and oxygen atoms in total. The molecular formula is C14H13N3S. The van der Waals surface area contributed by atoms with Crippen molar-refractivity contribution in [1.82, 2.24) is 9.38 Å². The first-order valence-corrected chi connectivity index (χ1v) is 6.99. The van der Waals surface area contributed by atoms with Gasteiger partial charge in [0.1, 0.15) is 0 Å². The summed E-state index contributed by atoms with van der Waals surface area (Å²) in [4.78, 5) is 5.76. The molecule has 3 heterocycles. The van der Waals surface area contributed by atoms with Gasteiger partial charge < -0.3 is 5.32 Å². The molecule has 0 bridgehead atoms. The molecule has 0 unspecified atom stereocenters. The molecule has 2 aromatic heterocycles. The summed E-state index contributed by atoms with van der Waals surface area (Å²) in [6, 6.07) is 6.58. The zero-order valence-electron chi connectivity index (χ0n) is 10.1. The normalized spacial score (nSPS) is 13.8. The van der Waals surface area contributed by atoms with Crippen molar-refractivity contribution in [3.05, 3.63) is 41.0 Å². The van der Waals surface area contributed by atoms with Crippen LogP contribution in [0, 0.1) is 6.92 Å². The first kappa shape index (κ1) is 10.1. The van der Waals surface area contributed by atoms with Crippen LogP contribution in [0.3, 0.4) is 0 Å². The topological polar surface area (TPSA) is 29.3 Å². The molecule has 4 heteroatoms. The quantitative estimate of drug-likeness (QED) is 0.722. The maximum absolute atomic E-state index is 4.69. The summed E-state index contributed by atoms with van der Waals surface area (Å²) >= 11 is 1.69. The highest BCUT2D eigenvalue weighted by atomic mass is 32.1. The van der Waals surface area contributed by atoms with E-state index in [1.54, 1.807) is 11.3 Å². The Morgan fingerprint density at radius 3 is 3.22 bits per heavy atom. The van der Waals surface area contributed by atoms with Gasteiger partial charge in [-0.25, -0.2) is 4.98 Å². The number of rotatable bonds is 1. The predicted molar refractivity (Wildman–Crippen MR) is 75.4 cm³/mol. The van der Waals surface area contributed by atoms with Crippen molar-refractivity contribution in [3.8, 4) is 11.3 Å². The van der Waals surface area contributed by atoms with Crippen LogP contribution in [-0.4, -0.2) is 15.9 Å². The van der Waals surface area contributed by atoms with Crippen molar-refractivity contribution in [1.29, 1.82) is 0 Å². The molecule has 1 aliphatic heterocycles. The molecule has 0 saturated heterocycles. The van der Waals surface area contributed by atoms with E-state index in [-0.39, 0.29) is 0 Å². The zero-order chi connectivity index (χ0) is 12.1. The van der Waals surface area contributed by atoms with Crippen LogP contribution in [0.2, 0.25) is 0 Å². The van der Waals surface area contributed by atoms with E-state index in [0.29, 0.717) is 0 Å². The zero-order valence-corrected chi connectivity index (χ0v) is 10.9. The third-order valence-electron chi connectivity index (χ3n) is 3.50. The standard InChI is InChI=1S/C14H13N3S/c1-9-8-18-14-16-13(7-17(9)14)10-2-3-12-11(6-10)4-5-15-12/h2-3,6-8,15H,4-5H2,1H3. The molecule has 0 amide bonds. The molecule has 0 radical (unpaired) electrons. The number of aryl methyl sites for hydroxylation is 1. The van der Waals surface area contributed by atoms with Crippen molar-refractivity contribution in [2.75, 3.05) is 11.9 Å². The van der Waals surface area contributed by atoms with Crippen LogP contribution in [0.1, 0.15) is 11.3 Å². The van der Waals surface area contributed by atoms with E-state index in [4.69, 9.17) is 4.98 Å².